The smallest absolute Gasteiger partial charge is 0.315 e. The Morgan fingerprint density at radius 3 is 2.79 bits per heavy atom. The average molecular weight is 286 g/mol. The average Bonchev–Trinajstić information content (AvgIpc) is 2.38. The number of halogens is 1. The highest BCUT2D eigenvalue weighted by molar-refractivity contribution is 6.30. The number of pyridine rings is 1. The summed E-state index contributed by atoms with van der Waals surface area (Å²) >= 11 is 5.73. The second kappa shape index (κ2) is 7.31. The molecule has 0 fully saturated rings. The zero-order valence-electron chi connectivity index (χ0n) is 11.2. The molecule has 6 heteroatoms. The van der Waals surface area contributed by atoms with E-state index in [0.29, 0.717) is 18.0 Å². The van der Waals surface area contributed by atoms with Crippen LogP contribution in [0.3, 0.4) is 0 Å². The van der Waals surface area contributed by atoms with E-state index in [1.165, 1.54) is 0 Å². The Kier molecular flexibility index (Phi) is 6.05. The lowest BCUT2D eigenvalue weighted by atomic mass is 9.95. The summed E-state index contributed by atoms with van der Waals surface area (Å²) in [5.74, 6) is 0. The molecule has 0 aliphatic heterocycles. The first-order valence-corrected chi connectivity index (χ1v) is 6.64. The van der Waals surface area contributed by atoms with Crippen LogP contribution in [0, 0.1) is 0 Å². The van der Waals surface area contributed by atoms with Gasteiger partial charge < -0.3 is 15.7 Å². The molecule has 2 amide bonds. The van der Waals surface area contributed by atoms with E-state index >= 15 is 0 Å². The van der Waals surface area contributed by atoms with Crippen molar-refractivity contribution in [2.24, 2.45) is 0 Å². The Morgan fingerprint density at radius 2 is 2.26 bits per heavy atom. The largest absolute Gasteiger partial charge is 0.396 e. The molecule has 0 spiro atoms. The van der Waals surface area contributed by atoms with Gasteiger partial charge in [-0.05, 0) is 31.9 Å². The molecule has 0 saturated heterocycles. The van der Waals surface area contributed by atoms with Crippen molar-refractivity contribution in [3.05, 3.63) is 29.0 Å². The van der Waals surface area contributed by atoms with Crippen LogP contribution in [-0.4, -0.2) is 28.3 Å². The number of aliphatic hydroxyl groups excluding tert-OH is 1. The summed E-state index contributed by atoms with van der Waals surface area (Å²) in [5.41, 5.74) is 0.339. The first-order valence-electron chi connectivity index (χ1n) is 6.26. The zero-order chi connectivity index (χ0) is 14.3. The van der Waals surface area contributed by atoms with E-state index in [4.69, 9.17) is 16.7 Å². The number of hydrogen-bond donors (Lipinski definition) is 3. The number of carbonyl (C=O) groups is 1. The second-order valence-corrected chi connectivity index (χ2v) is 5.10. The summed E-state index contributed by atoms with van der Waals surface area (Å²) in [4.78, 5) is 15.9. The maximum Gasteiger partial charge on any atom is 0.315 e. The van der Waals surface area contributed by atoms with Gasteiger partial charge in [-0.25, -0.2) is 4.79 Å². The van der Waals surface area contributed by atoms with Crippen LogP contribution >= 0.6 is 11.6 Å². The van der Waals surface area contributed by atoms with Crippen LogP contribution in [0.25, 0.3) is 0 Å². The summed E-state index contributed by atoms with van der Waals surface area (Å²) in [6.07, 6.45) is 2.81. The van der Waals surface area contributed by atoms with Crippen molar-refractivity contribution in [3.63, 3.8) is 0 Å². The topological polar surface area (TPSA) is 74.2 Å². The minimum absolute atomic E-state index is 0.0450. The molecular formula is C13H20ClN3O2. The summed E-state index contributed by atoms with van der Waals surface area (Å²) in [6, 6.07) is 3.22. The lowest BCUT2D eigenvalue weighted by Crippen LogP contribution is -2.50. The van der Waals surface area contributed by atoms with Gasteiger partial charge in [0.05, 0.1) is 17.3 Å². The zero-order valence-corrected chi connectivity index (χ0v) is 12.0. The second-order valence-electron chi connectivity index (χ2n) is 4.66. The fraction of sp³-hybridized carbons (Fsp3) is 0.538. The molecule has 0 aliphatic rings. The van der Waals surface area contributed by atoms with Gasteiger partial charge in [0.1, 0.15) is 0 Å². The van der Waals surface area contributed by atoms with Gasteiger partial charge in [-0.15, -0.1) is 0 Å². The summed E-state index contributed by atoms with van der Waals surface area (Å²) in [6.45, 7) is 4.26. The van der Waals surface area contributed by atoms with Crippen LogP contribution in [0.1, 0.15) is 32.4 Å². The van der Waals surface area contributed by atoms with Crippen molar-refractivity contribution < 1.29 is 9.90 Å². The molecule has 1 unspecified atom stereocenters. The number of nitrogens with zero attached hydrogens (tertiary/aromatic N) is 1. The molecule has 1 atom stereocenters. The van der Waals surface area contributed by atoms with Crippen LogP contribution in [0.2, 0.25) is 5.02 Å². The first kappa shape index (κ1) is 15.7. The molecular weight excluding hydrogens is 266 g/mol. The molecule has 0 bridgehead atoms. The van der Waals surface area contributed by atoms with Gasteiger partial charge >= 0.3 is 6.03 Å². The Bertz CT molecular complexity index is 411. The lowest BCUT2D eigenvalue weighted by molar-refractivity contribution is 0.200. The lowest BCUT2D eigenvalue weighted by Gasteiger charge is -2.28. The predicted molar refractivity (Wildman–Crippen MR) is 75.0 cm³/mol. The first-order chi connectivity index (χ1) is 8.99. The van der Waals surface area contributed by atoms with Crippen molar-refractivity contribution >= 4 is 17.6 Å². The Hall–Kier alpha value is -1.33. The van der Waals surface area contributed by atoms with Crippen LogP contribution in [0.15, 0.2) is 18.3 Å². The molecule has 0 aliphatic carbocycles. The molecule has 1 rings (SSSR count). The van der Waals surface area contributed by atoms with Crippen LogP contribution in [0.5, 0.6) is 0 Å². The Balaban J connectivity index is 2.45. The van der Waals surface area contributed by atoms with Gasteiger partial charge in [-0.1, -0.05) is 18.5 Å². The third-order valence-corrected chi connectivity index (χ3v) is 3.30. The molecule has 0 saturated carbocycles. The van der Waals surface area contributed by atoms with Gasteiger partial charge in [0.15, 0.2) is 0 Å². The third kappa shape index (κ3) is 5.44. The van der Waals surface area contributed by atoms with Gasteiger partial charge in [-0.2, -0.15) is 0 Å². The highest BCUT2D eigenvalue weighted by Gasteiger charge is 2.23. The number of aromatic nitrogens is 1. The summed E-state index contributed by atoms with van der Waals surface area (Å²) in [5, 5.41) is 15.1. The summed E-state index contributed by atoms with van der Waals surface area (Å²) < 4.78 is 0. The van der Waals surface area contributed by atoms with Crippen molar-refractivity contribution in [3.8, 4) is 0 Å². The number of hydrogen-bond acceptors (Lipinski definition) is 3. The molecule has 1 heterocycles. The molecule has 19 heavy (non-hydrogen) atoms. The van der Waals surface area contributed by atoms with E-state index in [0.717, 1.165) is 12.1 Å². The molecule has 3 N–H and O–H groups in total. The van der Waals surface area contributed by atoms with E-state index in [9.17, 15) is 4.79 Å². The Morgan fingerprint density at radius 1 is 1.53 bits per heavy atom. The van der Waals surface area contributed by atoms with Gasteiger partial charge in [0.2, 0.25) is 0 Å². The Labute approximate surface area is 118 Å². The van der Waals surface area contributed by atoms with E-state index in [1.54, 1.807) is 18.3 Å². The minimum Gasteiger partial charge on any atom is -0.396 e. The van der Waals surface area contributed by atoms with Crippen LogP contribution in [-0.2, 0) is 6.54 Å². The van der Waals surface area contributed by atoms with Crippen molar-refractivity contribution in [1.82, 2.24) is 15.6 Å². The monoisotopic (exact) mass is 285 g/mol. The molecule has 1 aromatic heterocycles. The van der Waals surface area contributed by atoms with Crippen molar-refractivity contribution in [2.75, 3.05) is 6.61 Å². The SMILES string of the molecule is CCC(C)(CCO)NC(=O)NCc1ccc(Cl)cn1. The molecule has 0 radical (unpaired) electrons. The molecule has 5 nitrogen and oxygen atoms in total. The number of aliphatic hydroxyl groups is 1. The third-order valence-electron chi connectivity index (χ3n) is 3.08. The fourth-order valence-corrected chi connectivity index (χ4v) is 1.69. The van der Waals surface area contributed by atoms with E-state index in [2.05, 4.69) is 15.6 Å². The minimum atomic E-state index is -0.397. The van der Waals surface area contributed by atoms with Crippen LogP contribution in [0.4, 0.5) is 4.79 Å². The molecule has 106 valence electrons. The number of nitrogens with one attached hydrogen (secondary N) is 2. The van der Waals surface area contributed by atoms with Gasteiger partial charge in [0, 0.05) is 18.3 Å². The number of urea groups is 1. The van der Waals surface area contributed by atoms with E-state index in [1.807, 2.05) is 13.8 Å². The number of carbonyl (C=O) groups excluding carboxylic acids is 1. The van der Waals surface area contributed by atoms with E-state index in [-0.39, 0.29) is 12.6 Å². The van der Waals surface area contributed by atoms with Crippen LogP contribution < -0.4 is 10.6 Å². The van der Waals surface area contributed by atoms with Gasteiger partial charge in [-0.3, -0.25) is 4.98 Å². The van der Waals surface area contributed by atoms with Crippen molar-refractivity contribution in [2.45, 2.75) is 38.8 Å². The number of amides is 2. The quantitative estimate of drug-likeness (QED) is 0.749. The predicted octanol–water partition coefficient (Wildman–Crippen LogP) is 2.09. The standard InChI is InChI=1S/C13H20ClN3O2/c1-3-13(2,6-7-18)17-12(19)16-9-11-5-4-10(14)8-15-11/h4-5,8,18H,3,6-7,9H2,1-2H3,(H2,16,17,19). The highest BCUT2D eigenvalue weighted by Crippen LogP contribution is 2.13. The fourth-order valence-electron chi connectivity index (χ4n) is 1.57. The molecule has 0 aromatic carbocycles. The van der Waals surface area contributed by atoms with Gasteiger partial charge in [0.25, 0.3) is 0 Å². The van der Waals surface area contributed by atoms with E-state index < -0.39 is 5.54 Å². The maximum absolute atomic E-state index is 11.8. The van der Waals surface area contributed by atoms with Crippen molar-refractivity contribution in [1.29, 1.82) is 0 Å². The normalized spacial score (nSPS) is 13.7. The number of rotatable bonds is 6. The maximum atomic E-state index is 11.8. The molecule has 1 aromatic rings. The summed E-state index contributed by atoms with van der Waals surface area (Å²) in [7, 11) is 0. The highest BCUT2D eigenvalue weighted by atomic mass is 35.5.